The number of unbranched alkanes of at least 4 members (excludes halogenated alkanes) is 9. The lowest BCUT2D eigenvalue weighted by atomic mass is 9.97. The van der Waals surface area contributed by atoms with E-state index in [1.807, 2.05) is 6.07 Å². The SMILES string of the molecule is CCCCCCCCCCCCC(C)CC(=O)N[C@@H](Cc1ccc2c(c1)OCCO2)CN1CCCC1. The third-order valence-corrected chi connectivity index (χ3v) is 7.72. The van der Waals surface area contributed by atoms with E-state index < -0.39 is 0 Å². The van der Waals surface area contributed by atoms with Crippen LogP contribution in [-0.4, -0.2) is 49.7 Å². The molecule has 0 aliphatic carbocycles. The second-order valence-corrected chi connectivity index (χ2v) is 11.2. The van der Waals surface area contributed by atoms with Crippen molar-refractivity contribution in [3.8, 4) is 11.5 Å². The highest BCUT2D eigenvalue weighted by molar-refractivity contribution is 5.76. The van der Waals surface area contributed by atoms with Gasteiger partial charge >= 0.3 is 0 Å². The summed E-state index contributed by atoms with van der Waals surface area (Å²) in [6.45, 7) is 8.93. The molecule has 1 fully saturated rings. The van der Waals surface area contributed by atoms with E-state index in [0.717, 1.165) is 44.0 Å². The summed E-state index contributed by atoms with van der Waals surface area (Å²) in [5.41, 5.74) is 1.20. The number of carbonyl (C=O) groups excluding carboxylic acids is 1. The largest absolute Gasteiger partial charge is 0.486 e. The van der Waals surface area contributed by atoms with E-state index in [4.69, 9.17) is 9.47 Å². The summed E-state index contributed by atoms with van der Waals surface area (Å²) in [7, 11) is 0. The molecule has 1 saturated heterocycles. The van der Waals surface area contributed by atoms with Gasteiger partial charge in [-0.3, -0.25) is 4.79 Å². The number of nitrogens with one attached hydrogen (secondary N) is 1. The lowest BCUT2D eigenvalue weighted by molar-refractivity contribution is -0.122. The second kappa shape index (κ2) is 16.9. The Bertz CT molecular complexity index is 747. The Balaban J connectivity index is 1.36. The molecule has 2 aliphatic heterocycles. The Morgan fingerprint density at radius 2 is 1.56 bits per heavy atom. The van der Waals surface area contributed by atoms with Gasteiger partial charge in [0.1, 0.15) is 13.2 Å². The zero-order chi connectivity index (χ0) is 25.4. The fourth-order valence-electron chi connectivity index (χ4n) is 5.62. The van der Waals surface area contributed by atoms with E-state index in [0.29, 0.717) is 25.6 Å². The summed E-state index contributed by atoms with van der Waals surface area (Å²) in [6, 6.07) is 6.34. The van der Waals surface area contributed by atoms with Gasteiger partial charge in [-0.1, -0.05) is 90.5 Å². The van der Waals surface area contributed by atoms with E-state index in [1.165, 1.54) is 82.6 Å². The van der Waals surface area contributed by atoms with Gasteiger partial charge in [-0.2, -0.15) is 0 Å². The Kier molecular flexibility index (Phi) is 13.5. The molecule has 0 bridgehead atoms. The van der Waals surface area contributed by atoms with Crippen molar-refractivity contribution in [2.75, 3.05) is 32.8 Å². The fraction of sp³-hybridized carbons (Fsp3) is 0.774. The molecule has 2 heterocycles. The van der Waals surface area contributed by atoms with Gasteiger partial charge in [-0.25, -0.2) is 0 Å². The molecule has 1 aromatic carbocycles. The average molecular weight is 501 g/mol. The first-order valence-electron chi connectivity index (χ1n) is 15.0. The molecule has 0 aromatic heterocycles. The zero-order valence-corrected chi connectivity index (χ0v) is 23.2. The first-order valence-corrected chi connectivity index (χ1v) is 15.0. The first-order chi connectivity index (χ1) is 17.6. The standard InChI is InChI=1S/C31H52N2O3/c1-3-4-5-6-7-8-9-10-11-12-15-26(2)22-31(34)32-28(25-33-18-13-14-19-33)23-27-16-17-29-30(24-27)36-21-20-35-29/h16-17,24,26,28H,3-15,18-23,25H2,1-2H3,(H,32,34)/t26?,28-/m0/s1. The van der Waals surface area contributed by atoms with Crippen LogP contribution in [0.25, 0.3) is 0 Å². The Morgan fingerprint density at radius 3 is 2.25 bits per heavy atom. The van der Waals surface area contributed by atoms with Crippen LogP contribution in [0.2, 0.25) is 0 Å². The maximum atomic E-state index is 13.0. The molecular weight excluding hydrogens is 448 g/mol. The van der Waals surface area contributed by atoms with Gasteiger partial charge in [-0.05, 0) is 56.0 Å². The van der Waals surface area contributed by atoms with Crippen LogP contribution < -0.4 is 14.8 Å². The number of ether oxygens (including phenoxy) is 2. The number of benzene rings is 1. The molecule has 204 valence electrons. The number of rotatable bonds is 18. The highest BCUT2D eigenvalue weighted by Gasteiger charge is 2.21. The summed E-state index contributed by atoms with van der Waals surface area (Å²) in [4.78, 5) is 15.5. The lowest BCUT2D eigenvalue weighted by Gasteiger charge is -2.26. The fourth-order valence-corrected chi connectivity index (χ4v) is 5.62. The summed E-state index contributed by atoms with van der Waals surface area (Å²) < 4.78 is 11.5. The Morgan fingerprint density at radius 1 is 0.917 bits per heavy atom. The number of carbonyl (C=O) groups is 1. The van der Waals surface area contributed by atoms with Gasteiger partial charge in [-0.15, -0.1) is 0 Å². The summed E-state index contributed by atoms with van der Waals surface area (Å²) in [6.07, 6.45) is 18.8. The maximum absolute atomic E-state index is 13.0. The van der Waals surface area contributed by atoms with E-state index in [9.17, 15) is 4.79 Å². The van der Waals surface area contributed by atoms with E-state index in [-0.39, 0.29) is 11.9 Å². The molecular formula is C31H52N2O3. The molecule has 0 radical (unpaired) electrons. The number of amides is 1. The van der Waals surface area contributed by atoms with Crippen molar-refractivity contribution in [2.45, 2.75) is 116 Å². The lowest BCUT2D eigenvalue weighted by Crippen LogP contribution is -2.44. The van der Waals surface area contributed by atoms with Crippen LogP contribution in [0, 0.1) is 5.92 Å². The molecule has 1 aromatic rings. The molecule has 36 heavy (non-hydrogen) atoms. The molecule has 1 unspecified atom stereocenters. The predicted molar refractivity (Wildman–Crippen MR) is 149 cm³/mol. The maximum Gasteiger partial charge on any atom is 0.220 e. The summed E-state index contributed by atoms with van der Waals surface area (Å²) >= 11 is 0. The molecule has 5 nitrogen and oxygen atoms in total. The van der Waals surface area contributed by atoms with Gasteiger partial charge < -0.3 is 19.7 Å². The molecule has 0 spiro atoms. The second-order valence-electron chi connectivity index (χ2n) is 11.2. The van der Waals surface area contributed by atoms with Crippen LogP contribution >= 0.6 is 0 Å². The van der Waals surface area contributed by atoms with E-state index >= 15 is 0 Å². The molecule has 3 rings (SSSR count). The number of hydrogen-bond acceptors (Lipinski definition) is 4. The molecule has 2 aliphatic rings. The normalized spacial score (nSPS) is 17.2. The average Bonchev–Trinajstić information content (AvgIpc) is 3.38. The smallest absolute Gasteiger partial charge is 0.220 e. The summed E-state index contributed by atoms with van der Waals surface area (Å²) in [5, 5.41) is 3.39. The molecule has 1 amide bonds. The van der Waals surface area contributed by atoms with Gasteiger partial charge in [0.15, 0.2) is 11.5 Å². The highest BCUT2D eigenvalue weighted by Crippen LogP contribution is 2.31. The van der Waals surface area contributed by atoms with Crippen LogP contribution in [0.4, 0.5) is 0 Å². The van der Waals surface area contributed by atoms with Gasteiger partial charge in [0.2, 0.25) is 5.91 Å². The predicted octanol–water partition coefficient (Wildman–Crippen LogP) is 6.92. The van der Waals surface area contributed by atoms with Crippen LogP contribution in [0.3, 0.4) is 0 Å². The minimum atomic E-state index is 0.127. The van der Waals surface area contributed by atoms with Gasteiger partial charge in [0.25, 0.3) is 0 Å². The van der Waals surface area contributed by atoms with Crippen LogP contribution in [-0.2, 0) is 11.2 Å². The molecule has 1 N–H and O–H groups in total. The number of nitrogens with zero attached hydrogens (tertiary/aromatic N) is 1. The summed E-state index contributed by atoms with van der Waals surface area (Å²) in [5.74, 6) is 2.30. The monoisotopic (exact) mass is 500 g/mol. The minimum Gasteiger partial charge on any atom is -0.486 e. The van der Waals surface area contributed by atoms with Crippen molar-refractivity contribution >= 4 is 5.91 Å². The number of hydrogen-bond donors (Lipinski definition) is 1. The van der Waals surface area contributed by atoms with Crippen molar-refractivity contribution in [2.24, 2.45) is 5.92 Å². The van der Waals surface area contributed by atoms with Crippen molar-refractivity contribution in [3.63, 3.8) is 0 Å². The van der Waals surface area contributed by atoms with Crippen LogP contribution in [0.5, 0.6) is 11.5 Å². The molecule has 2 atom stereocenters. The van der Waals surface area contributed by atoms with Crippen molar-refractivity contribution in [1.29, 1.82) is 0 Å². The van der Waals surface area contributed by atoms with Gasteiger partial charge in [0, 0.05) is 19.0 Å². The number of fused-ring (bicyclic) bond motifs is 1. The van der Waals surface area contributed by atoms with Crippen molar-refractivity contribution < 1.29 is 14.3 Å². The van der Waals surface area contributed by atoms with Crippen LogP contribution in [0.15, 0.2) is 18.2 Å². The third-order valence-electron chi connectivity index (χ3n) is 7.72. The van der Waals surface area contributed by atoms with Crippen molar-refractivity contribution in [1.82, 2.24) is 10.2 Å². The molecule has 5 heteroatoms. The van der Waals surface area contributed by atoms with Crippen LogP contribution in [0.1, 0.15) is 109 Å². The van der Waals surface area contributed by atoms with E-state index in [1.54, 1.807) is 0 Å². The molecule has 0 saturated carbocycles. The zero-order valence-electron chi connectivity index (χ0n) is 23.2. The minimum absolute atomic E-state index is 0.127. The third kappa shape index (κ3) is 11.1. The van der Waals surface area contributed by atoms with Gasteiger partial charge in [0.05, 0.1) is 0 Å². The van der Waals surface area contributed by atoms with E-state index in [2.05, 4.69) is 36.2 Å². The quantitative estimate of drug-likeness (QED) is 0.222. The Hall–Kier alpha value is -1.75. The van der Waals surface area contributed by atoms with Crippen molar-refractivity contribution in [3.05, 3.63) is 23.8 Å². The topological polar surface area (TPSA) is 50.8 Å². The highest BCUT2D eigenvalue weighted by atomic mass is 16.6. The first kappa shape index (κ1) is 28.8. The number of likely N-dealkylation sites (tertiary alicyclic amines) is 1. The Labute approximate surface area is 220 Å².